The Hall–Kier alpha value is 0.532. The molecule has 0 nitrogen and oxygen atoms in total. The van der Waals surface area contributed by atoms with Gasteiger partial charge in [-0.15, -0.1) is 5.28 Å². The highest BCUT2D eigenvalue weighted by molar-refractivity contribution is 6.08. The lowest BCUT2D eigenvalue weighted by molar-refractivity contribution is 0.771. The van der Waals surface area contributed by atoms with Crippen LogP contribution in [-0.4, -0.2) is 16.3 Å². The van der Waals surface area contributed by atoms with Crippen molar-refractivity contribution in [3.05, 3.63) is 0 Å². The molecular weight excluding hydrogens is 87.0 g/mol. The number of rotatable bonds is 3. The predicted molar refractivity (Wildman–Crippen MR) is 32.9 cm³/mol. The first kappa shape index (κ1) is 6.53. The Kier molecular flexibility index (Phi) is 6.02. The minimum absolute atomic E-state index is 1.38. The monoisotopic (exact) mass is 100 g/mol. The molecule has 0 aromatic heterocycles. The first-order valence-electron chi connectivity index (χ1n) is 2.91. The van der Waals surface area contributed by atoms with Gasteiger partial charge in [0.15, 0.2) is 0 Å². The fourth-order valence-corrected chi connectivity index (χ4v) is 1.000. The summed E-state index contributed by atoms with van der Waals surface area (Å²) in [4.78, 5) is 0. The standard InChI is InChI=1S/C5H11.Al.2H/c1-3-5-4-2;;;/h1,3-5H2,2H3;;;. The summed E-state index contributed by atoms with van der Waals surface area (Å²) in [7, 11) is 0. The van der Waals surface area contributed by atoms with E-state index in [2.05, 4.69) is 6.92 Å². The third kappa shape index (κ3) is 4.53. The summed E-state index contributed by atoms with van der Waals surface area (Å²) in [6.07, 6.45) is 4.30. The summed E-state index contributed by atoms with van der Waals surface area (Å²) < 4.78 is 0. The molecule has 1 heteroatoms. The van der Waals surface area contributed by atoms with Crippen molar-refractivity contribution < 1.29 is 0 Å². The van der Waals surface area contributed by atoms with Crippen LogP contribution in [0.5, 0.6) is 0 Å². The molecule has 0 rings (SSSR count). The molecule has 36 valence electrons. The lowest BCUT2D eigenvalue weighted by atomic mass is 10.3. The van der Waals surface area contributed by atoms with Crippen LogP contribution in [0.15, 0.2) is 0 Å². The van der Waals surface area contributed by atoms with E-state index in [1.807, 2.05) is 0 Å². The topological polar surface area (TPSA) is 0 Å². The zero-order chi connectivity index (χ0) is 4.83. The van der Waals surface area contributed by atoms with Gasteiger partial charge in [0.05, 0.1) is 0 Å². The highest BCUT2D eigenvalue weighted by atomic mass is 27.0. The van der Waals surface area contributed by atoms with Crippen LogP contribution in [0.25, 0.3) is 0 Å². The van der Waals surface area contributed by atoms with Crippen molar-refractivity contribution in [3.63, 3.8) is 0 Å². The van der Waals surface area contributed by atoms with Crippen molar-refractivity contribution in [3.8, 4) is 0 Å². The Morgan fingerprint density at radius 2 is 2.00 bits per heavy atom. The molecule has 0 aliphatic rings. The van der Waals surface area contributed by atoms with E-state index in [0.29, 0.717) is 0 Å². The van der Waals surface area contributed by atoms with Crippen molar-refractivity contribution in [1.82, 2.24) is 0 Å². The van der Waals surface area contributed by atoms with Gasteiger partial charge in [-0.05, 0) is 0 Å². The van der Waals surface area contributed by atoms with Crippen molar-refractivity contribution >= 4 is 16.3 Å². The minimum Gasteiger partial charge on any atom is -0.101 e. The molecule has 0 spiro atoms. The van der Waals surface area contributed by atoms with Crippen LogP contribution in [0.3, 0.4) is 0 Å². The summed E-state index contributed by atoms with van der Waals surface area (Å²) in [5, 5.41) is 1.49. The van der Waals surface area contributed by atoms with Crippen LogP contribution in [0.1, 0.15) is 26.2 Å². The van der Waals surface area contributed by atoms with Crippen LogP contribution in [0, 0.1) is 0 Å². The average Bonchev–Trinajstić information content (AvgIpc) is 1.61. The second-order valence-electron chi connectivity index (χ2n) is 1.71. The molecule has 0 unspecified atom stereocenters. The van der Waals surface area contributed by atoms with Crippen molar-refractivity contribution in [2.75, 3.05) is 0 Å². The molecule has 0 atom stereocenters. The van der Waals surface area contributed by atoms with Crippen LogP contribution in [0.2, 0.25) is 5.28 Å². The minimum atomic E-state index is 1.38. The van der Waals surface area contributed by atoms with E-state index in [4.69, 9.17) is 0 Å². The Morgan fingerprint density at radius 1 is 1.33 bits per heavy atom. The number of hydrogen-bond acceptors (Lipinski definition) is 0. The van der Waals surface area contributed by atoms with E-state index in [-0.39, 0.29) is 0 Å². The molecule has 0 fully saturated rings. The maximum absolute atomic E-state index is 2.25. The lowest BCUT2D eigenvalue weighted by Gasteiger charge is -1.86. The third-order valence-electron chi connectivity index (χ3n) is 0.957. The molecule has 0 bridgehead atoms. The molecule has 0 amide bonds. The Balaban J connectivity index is 2.34. The summed E-state index contributed by atoms with van der Waals surface area (Å²) in [6, 6.07) is 0. The summed E-state index contributed by atoms with van der Waals surface area (Å²) in [5.74, 6) is 0. The molecule has 0 saturated heterocycles. The molecular formula is C5H13Al. The van der Waals surface area contributed by atoms with Gasteiger partial charge < -0.3 is 0 Å². The van der Waals surface area contributed by atoms with Gasteiger partial charge in [0.2, 0.25) is 16.3 Å². The number of hydrogen-bond donors (Lipinski definition) is 0. The molecule has 0 radical (unpaired) electrons. The first-order chi connectivity index (χ1) is 2.91. The van der Waals surface area contributed by atoms with Crippen LogP contribution in [-0.2, 0) is 0 Å². The molecule has 0 aromatic rings. The molecule has 0 aliphatic carbocycles. The summed E-state index contributed by atoms with van der Waals surface area (Å²) in [5.41, 5.74) is 0. The van der Waals surface area contributed by atoms with E-state index in [1.165, 1.54) is 40.8 Å². The van der Waals surface area contributed by atoms with E-state index < -0.39 is 0 Å². The first-order valence-corrected chi connectivity index (χ1v) is 4.33. The Labute approximate surface area is 48.4 Å². The SMILES string of the molecule is CCCC[CH2][AlH2]. The Bertz CT molecular complexity index is 15.9. The van der Waals surface area contributed by atoms with Crippen LogP contribution >= 0.6 is 0 Å². The average molecular weight is 100 g/mol. The molecule has 0 N–H and O–H groups in total. The molecule has 0 heterocycles. The van der Waals surface area contributed by atoms with Crippen molar-refractivity contribution in [1.29, 1.82) is 0 Å². The van der Waals surface area contributed by atoms with Gasteiger partial charge in [-0.2, -0.15) is 0 Å². The maximum Gasteiger partial charge on any atom is 0.211 e. The van der Waals surface area contributed by atoms with Crippen molar-refractivity contribution in [2.45, 2.75) is 31.5 Å². The van der Waals surface area contributed by atoms with E-state index in [9.17, 15) is 0 Å². The molecule has 6 heavy (non-hydrogen) atoms. The van der Waals surface area contributed by atoms with Gasteiger partial charge in [-0.3, -0.25) is 0 Å². The molecule has 0 saturated carbocycles. The van der Waals surface area contributed by atoms with Gasteiger partial charge >= 0.3 is 0 Å². The van der Waals surface area contributed by atoms with Gasteiger partial charge in [-0.1, -0.05) is 26.2 Å². The smallest absolute Gasteiger partial charge is 0.101 e. The van der Waals surface area contributed by atoms with Gasteiger partial charge in [0.1, 0.15) is 0 Å². The zero-order valence-corrected chi connectivity index (χ0v) is 6.83. The van der Waals surface area contributed by atoms with Gasteiger partial charge in [-0.25, -0.2) is 0 Å². The van der Waals surface area contributed by atoms with Gasteiger partial charge in [0.25, 0.3) is 0 Å². The second kappa shape index (κ2) is 5.53. The highest BCUT2D eigenvalue weighted by Gasteiger charge is 1.76. The molecule has 0 aromatic carbocycles. The normalized spacial score (nSPS) is 8.83. The zero-order valence-electron chi connectivity index (χ0n) is 4.83. The number of unbranched alkanes of at least 4 members (excludes halogenated alkanes) is 2. The molecule has 0 aliphatic heterocycles. The maximum atomic E-state index is 2.25. The van der Waals surface area contributed by atoms with E-state index >= 15 is 0 Å². The van der Waals surface area contributed by atoms with Crippen LogP contribution in [0.4, 0.5) is 0 Å². The highest BCUT2D eigenvalue weighted by Crippen LogP contribution is 1.94. The second-order valence-corrected chi connectivity index (χ2v) is 2.71. The third-order valence-corrected chi connectivity index (χ3v) is 1.66. The largest absolute Gasteiger partial charge is 0.211 e. The van der Waals surface area contributed by atoms with Crippen LogP contribution < -0.4 is 0 Å². The quantitative estimate of drug-likeness (QED) is 0.369. The summed E-state index contributed by atoms with van der Waals surface area (Å²) in [6.45, 7) is 2.25. The van der Waals surface area contributed by atoms with Gasteiger partial charge in [0, 0.05) is 0 Å². The summed E-state index contributed by atoms with van der Waals surface area (Å²) >= 11 is 1.40. The fourth-order valence-electron chi connectivity index (χ4n) is 0.500. The van der Waals surface area contributed by atoms with E-state index in [1.54, 1.807) is 0 Å². The Morgan fingerprint density at radius 3 is 2.17 bits per heavy atom. The van der Waals surface area contributed by atoms with E-state index in [0.717, 1.165) is 0 Å². The fraction of sp³-hybridized carbons (Fsp3) is 1.00. The predicted octanol–water partition coefficient (Wildman–Crippen LogP) is 1.23. The lowest BCUT2D eigenvalue weighted by Crippen LogP contribution is -1.69. The van der Waals surface area contributed by atoms with Crippen molar-refractivity contribution in [2.24, 2.45) is 0 Å².